The largest absolute Gasteiger partial charge is 0.487 e. The molecule has 0 bridgehead atoms. The van der Waals surface area contributed by atoms with Gasteiger partial charge < -0.3 is 15.2 Å². The molecule has 110 valence electrons. The van der Waals surface area contributed by atoms with Gasteiger partial charge >= 0.3 is 0 Å². The van der Waals surface area contributed by atoms with E-state index in [0.29, 0.717) is 6.10 Å². The van der Waals surface area contributed by atoms with Crippen LogP contribution in [0.25, 0.3) is 0 Å². The first-order valence-corrected chi connectivity index (χ1v) is 8.27. The first kappa shape index (κ1) is 14.4. The van der Waals surface area contributed by atoms with Crippen LogP contribution >= 0.6 is 15.9 Å². The molecule has 2 heterocycles. The van der Waals surface area contributed by atoms with E-state index in [0.717, 1.165) is 54.5 Å². The van der Waals surface area contributed by atoms with E-state index in [2.05, 4.69) is 28.9 Å². The molecule has 1 saturated heterocycles. The van der Waals surface area contributed by atoms with Crippen molar-refractivity contribution in [1.82, 2.24) is 0 Å². The Morgan fingerprint density at radius 1 is 1.40 bits per heavy atom. The fraction of sp³-hybridized carbons (Fsp3) is 0.625. The Balaban J connectivity index is 1.84. The summed E-state index contributed by atoms with van der Waals surface area (Å²) in [6.45, 7) is 2.98. The van der Waals surface area contributed by atoms with Gasteiger partial charge in [0.15, 0.2) is 0 Å². The molecule has 1 fully saturated rings. The number of halogens is 1. The molecule has 1 aromatic rings. The van der Waals surface area contributed by atoms with Gasteiger partial charge in [0.05, 0.1) is 12.7 Å². The van der Waals surface area contributed by atoms with Crippen LogP contribution in [0.5, 0.6) is 5.75 Å². The Morgan fingerprint density at radius 3 is 3.05 bits per heavy atom. The number of benzene rings is 1. The highest BCUT2D eigenvalue weighted by Crippen LogP contribution is 2.45. The SMILES string of the molecule is CCCC1CC2(CCO1)C[C@@H](N)c1cc(Br)ccc1O2. The standard InChI is InChI=1S/C16H22BrNO2/c1-2-3-12-9-16(6-7-19-12)10-14(18)13-8-11(17)4-5-15(13)20-16/h4-5,8,12,14H,2-3,6-7,9-10,18H2,1H3/t12?,14-,16?/m1/s1. The zero-order chi connectivity index (χ0) is 14.2. The fourth-order valence-corrected chi connectivity index (χ4v) is 3.84. The third-order valence-electron chi connectivity index (χ3n) is 4.41. The minimum atomic E-state index is -0.127. The van der Waals surface area contributed by atoms with Crippen molar-refractivity contribution in [2.24, 2.45) is 5.73 Å². The van der Waals surface area contributed by atoms with Crippen LogP contribution in [0.3, 0.4) is 0 Å². The number of rotatable bonds is 2. The van der Waals surface area contributed by atoms with E-state index in [-0.39, 0.29) is 11.6 Å². The number of nitrogens with two attached hydrogens (primary N) is 1. The quantitative estimate of drug-likeness (QED) is 0.887. The Kier molecular flexibility index (Phi) is 4.07. The maximum atomic E-state index is 6.40. The molecular weight excluding hydrogens is 318 g/mol. The lowest BCUT2D eigenvalue weighted by atomic mass is 9.79. The molecule has 3 atom stereocenters. The zero-order valence-electron chi connectivity index (χ0n) is 11.9. The van der Waals surface area contributed by atoms with Crippen molar-refractivity contribution < 1.29 is 9.47 Å². The Bertz CT molecular complexity index is 491. The van der Waals surface area contributed by atoms with E-state index in [4.69, 9.17) is 15.2 Å². The molecule has 20 heavy (non-hydrogen) atoms. The average Bonchev–Trinajstić information content (AvgIpc) is 2.40. The Morgan fingerprint density at radius 2 is 2.25 bits per heavy atom. The lowest BCUT2D eigenvalue weighted by Crippen LogP contribution is -2.49. The van der Waals surface area contributed by atoms with Gasteiger partial charge in [-0.15, -0.1) is 0 Å². The molecule has 0 aromatic heterocycles. The Labute approximate surface area is 129 Å². The van der Waals surface area contributed by atoms with E-state index in [1.165, 1.54) is 0 Å². The first-order valence-electron chi connectivity index (χ1n) is 7.47. The lowest BCUT2D eigenvalue weighted by Gasteiger charge is -2.46. The number of hydrogen-bond acceptors (Lipinski definition) is 3. The summed E-state index contributed by atoms with van der Waals surface area (Å²) in [7, 11) is 0. The molecule has 2 N–H and O–H groups in total. The fourth-order valence-electron chi connectivity index (χ4n) is 3.46. The monoisotopic (exact) mass is 339 g/mol. The summed E-state index contributed by atoms with van der Waals surface area (Å²) < 4.78 is 13.3. The van der Waals surface area contributed by atoms with Gasteiger partial charge in [-0.05, 0) is 24.6 Å². The zero-order valence-corrected chi connectivity index (χ0v) is 13.5. The maximum absolute atomic E-state index is 6.40. The van der Waals surface area contributed by atoms with Crippen LogP contribution in [-0.4, -0.2) is 18.3 Å². The summed E-state index contributed by atoms with van der Waals surface area (Å²) >= 11 is 3.50. The van der Waals surface area contributed by atoms with Crippen LogP contribution in [0.1, 0.15) is 50.6 Å². The van der Waals surface area contributed by atoms with Crippen molar-refractivity contribution in [3.8, 4) is 5.75 Å². The van der Waals surface area contributed by atoms with Crippen LogP contribution in [0, 0.1) is 0 Å². The molecule has 0 saturated carbocycles. The van der Waals surface area contributed by atoms with Crippen molar-refractivity contribution >= 4 is 15.9 Å². The lowest BCUT2D eigenvalue weighted by molar-refractivity contribution is -0.103. The average molecular weight is 340 g/mol. The minimum absolute atomic E-state index is 0.0524. The molecule has 0 aliphatic carbocycles. The van der Waals surface area contributed by atoms with Crippen molar-refractivity contribution in [2.75, 3.05) is 6.61 Å². The highest BCUT2D eigenvalue weighted by Gasteiger charge is 2.43. The van der Waals surface area contributed by atoms with Crippen molar-refractivity contribution in [3.63, 3.8) is 0 Å². The molecule has 2 aliphatic heterocycles. The molecule has 2 aliphatic rings. The maximum Gasteiger partial charge on any atom is 0.124 e. The smallest absolute Gasteiger partial charge is 0.124 e. The second kappa shape index (κ2) is 5.66. The predicted molar refractivity (Wildman–Crippen MR) is 82.9 cm³/mol. The second-order valence-electron chi connectivity index (χ2n) is 6.01. The van der Waals surface area contributed by atoms with Crippen LogP contribution in [-0.2, 0) is 4.74 Å². The Hall–Kier alpha value is -0.580. The first-order chi connectivity index (χ1) is 9.62. The summed E-state index contributed by atoms with van der Waals surface area (Å²) in [6.07, 6.45) is 5.36. The summed E-state index contributed by atoms with van der Waals surface area (Å²) in [5.74, 6) is 0.948. The molecule has 0 radical (unpaired) electrons. The van der Waals surface area contributed by atoms with E-state index in [1.807, 2.05) is 12.1 Å². The van der Waals surface area contributed by atoms with Gasteiger partial charge in [-0.2, -0.15) is 0 Å². The number of ether oxygens (including phenoxy) is 2. The van der Waals surface area contributed by atoms with E-state index in [1.54, 1.807) is 0 Å². The normalized spacial score (nSPS) is 32.8. The van der Waals surface area contributed by atoms with Crippen LogP contribution in [0.4, 0.5) is 0 Å². The third kappa shape index (κ3) is 2.74. The van der Waals surface area contributed by atoms with Gasteiger partial charge in [-0.3, -0.25) is 0 Å². The molecule has 4 heteroatoms. The minimum Gasteiger partial charge on any atom is -0.487 e. The number of fused-ring (bicyclic) bond motifs is 1. The topological polar surface area (TPSA) is 44.5 Å². The third-order valence-corrected chi connectivity index (χ3v) is 4.90. The van der Waals surface area contributed by atoms with Gasteiger partial charge in [0.2, 0.25) is 0 Å². The molecule has 2 unspecified atom stereocenters. The van der Waals surface area contributed by atoms with E-state index >= 15 is 0 Å². The molecule has 0 amide bonds. The van der Waals surface area contributed by atoms with Crippen molar-refractivity contribution in [3.05, 3.63) is 28.2 Å². The van der Waals surface area contributed by atoms with Gasteiger partial charge in [-0.25, -0.2) is 0 Å². The van der Waals surface area contributed by atoms with Crippen molar-refractivity contribution in [2.45, 2.75) is 56.8 Å². The highest BCUT2D eigenvalue weighted by atomic mass is 79.9. The van der Waals surface area contributed by atoms with Gasteiger partial charge in [-0.1, -0.05) is 29.3 Å². The molecule has 1 spiro atoms. The molecule has 3 rings (SSSR count). The highest BCUT2D eigenvalue weighted by molar-refractivity contribution is 9.10. The van der Waals surface area contributed by atoms with Crippen molar-refractivity contribution in [1.29, 1.82) is 0 Å². The second-order valence-corrected chi connectivity index (χ2v) is 6.93. The molecule has 1 aromatic carbocycles. The summed E-state index contributed by atoms with van der Waals surface area (Å²) in [4.78, 5) is 0. The summed E-state index contributed by atoms with van der Waals surface area (Å²) in [5.41, 5.74) is 7.39. The number of hydrogen-bond donors (Lipinski definition) is 1. The van der Waals surface area contributed by atoms with Crippen LogP contribution in [0.15, 0.2) is 22.7 Å². The van der Waals surface area contributed by atoms with Crippen LogP contribution in [0.2, 0.25) is 0 Å². The van der Waals surface area contributed by atoms with Gasteiger partial charge in [0.1, 0.15) is 11.4 Å². The van der Waals surface area contributed by atoms with Gasteiger partial charge in [0, 0.05) is 35.3 Å². The van der Waals surface area contributed by atoms with E-state index < -0.39 is 0 Å². The molecule has 3 nitrogen and oxygen atoms in total. The summed E-state index contributed by atoms with van der Waals surface area (Å²) in [6, 6.07) is 6.18. The molecular formula is C16H22BrNO2. The predicted octanol–water partition coefficient (Wildman–Crippen LogP) is 3.95. The van der Waals surface area contributed by atoms with Crippen LogP contribution < -0.4 is 10.5 Å². The summed E-state index contributed by atoms with van der Waals surface area (Å²) in [5, 5.41) is 0. The van der Waals surface area contributed by atoms with E-state index in [9.17, 15) is 0 Å². The van der Waals surface area contributed by atoms with Gasteiger partial charge in [0.25, 0.3) is 0 Å².